The molecule has 1 aliphatic heterocycles. The molecular formula is C18H29N3O2S. The van der Waals surface area contributed by atoms with E-state index >= 15 is 0 Å². The van der Waals surface area contributed by atoms with Crippen LogP contribution in [-0.2, 0) is 4.74 Å². The fourth-order valence-electron chi connectivity index (χ4n) is 2.42. The molecule has 1 aromatic rings. The average molecular weight is 352 g/mol. The zero-order valence-corrected chi connectivity index (χ0v) is 16.4. The number of hydrogen-bond acceptors (Lipinski definition) is 5. The number of rotatable bonds is 2. The Morgan fingerprint density at radius 1 is 1.08 bits per heavy atom. The Kier molecular flexibility index (Phi) is 5.68. The lowest BCUT2D eigenvalue weighted by molar-refractivity contribution is 0.0240. The normalized spacial score (nSPS) is 16.2. The molecule has 0 N–H and O–H groups in total. The van der Waals surface area contributed by atoms with E-state index in [9.17, 15) is 4.79 Å². The van der Waals surface area contributed by atoms with Gasteiger partial charge < -0.3 is 14.5 Å². The summed E-state index contributed by atoms with van der Waals surface area (Å²) in [7, 11) is 0. The van der Waals surface area contributed by atoms with E-state index in [1.807, 2.05) is 38.7 Å². The molecule has 134 valence electrons. The first-order valence-corrected chi connectivity index (χ1v) is 9.23. The SMILES string of the molecule is CC(C)(C)OC(=O)N1CCN(c2ccc(SC(C)(C)C)cn2)CC1. The summed E-state index contributed by atoms with van der Waals surface area (Å²) in [6.45, 7) is 15.1. The van der Waals surface area contributed by atoms with Gasteiger partial charge in [-0.15, -0.1) is 11.8 Å². The van der Waals surface area contributed by atoms with E-state index in [0.29, 0.717) is 13.1 Å². The zero-order valence-electron chi connectivity index (χ0n) is 15.6. The monoisotopic (exact) mass is 351 g/mol. The minimum atomic E-state index is -0.448. The van der Waals surface area contributed by atoms with Crippen LogP contribution in [0.3, 0.4) is 0 Å². The number of piperazine rings is 1. The molecular weight excluding hydrogens is 322 g/mol. The molecule has 0 bridgehead atoms. The highest BCUT2D eigenvalue weighted by Crippen LogP contribution is 2.32. The summed E-state index contributed by atoms with van der Waals surface area (Å²) in [6, 6.07) is 4.19. The van der Waals surface area contributed by atoms with Gasteiger partial charge in [0.05, 0.1) is 0 Å². The van der Waals surface area contributed by atoms with Crippen LogP contribution >= 0.6 is 11.8 Å². The Morgan fingerprint density at radius 2 is 1.71 bits per heavy atom. The van der Waals surface area contributed by atoms with Crippen molar-refractivity contribution in [1.82, 2.24) is 9.88 Å². The van der Waals surface area contributed by atoms with Crippen LogP contribution < -0.4 is 4.90 Å². The highest BCUT2D eigenvalue weighted by atomic mass is 32.2. The van der Waals surface area contributed by atoms with Crippen molar-refractivity contribution in [2.45, 2.75) is 56.8 Å². The molecule has 0 spiro atoms. The molecule has 0 radical (unpaired) electrons. The van der Waals surface area contributed by atoms with Gasteiger partial charge in [-0.2, -0.15) is 0 Å². The summed E-state index contributed by atoms with van der Waals surface area (Å²) >= 11 is 1.82. The molecule has 6 heteroatoms. The molecule has 2 heterocycles. The second-order valence-corrected chi connectivity index (χ2v) is 9.92. The molecule has 0 unspecified atom stereocenters. The minimum Gasteiger partial charge on any atom is -0.444 e. The summed E-state index contributed by atoms with van der Waals surface area (Å²) in [6.07, 6.45) is 1.71. The summed E-state index contributed by atoms with van der Waals surface area (Å²) in [5, 5.41) is 0. The van der Waals surface area contributed by atoms with Gasteiger partial charge in [0, 0.05) is 42.0 Å². The van der Waals surface area contributed by atoms with Gasteiger partial charge in [0.2, 0.25) is 0 Å². The third-order valence-corrected chi connectivity index (χ3v) is 4.49. The number of carbonyl (C=O) groups excluding carboxylic acids is 1. The highest BCUT2D eigenvalue weighted by molar-refractivity contribution is 8.00. The minimum absolute atomic E-state index is 0.183. The van der Waals surface area contributed by atoms with Gasteiger partial charge in [-0.25, -0.2) is 9.78 Å². The predicted molar refractivity (Wildman–Crippen MR) is 99.9 cm³/mol. The summed E-state index contributed by atoms with van der Waals surface area (Å²) in [4.78, 5) is 21.9. The number of aromatic nitrogens is 1. The van der Waals surface area contributed by atoms with Gasteiger partial charge in [0.1, 0.15) is 11.4 Å². The van der Waals surface area contributed by atoms with Gasteiger partial charge in [-0.1, -0.05) is 20.8 Å². The largest absolute Gasteiger partial charge is 0.444 e. The van der Waals surface area contributed by atoms with Crippen molar-refractivity contribution in [2.75, 3.05) is 31.1 Å². The number of anilines is 1. The van der Waals surface area contributed by atoms with Gasteiger partial charge >= 0.3 is 6.09 Å². The van der Waals surface area contributed by atoms with E-state index in [1.54, 1.807) is 4.90 Å². The zero-order chi connectivity index (χ0) is 18.0. The number of carbonyl (C=O) groups is 1. The number of amides is 1. The van der Waals surface area contributed by atoms with Gasteiger partial charge in [0.25, 0.3) is 0 Å². The fourth-order valence-corrected chi connectivity index (χ4v) is 3.37. The van der Waals surface area contributed by atoms with E-state index < -0.39 is 5.60 Å². The molecule has 1 aromatic heterocycles. The Morgan fingerprint density at radius 3 is 2.17 bits per heavy atom. The molecule has 1 aliphatic rings. The predicted octanol–water partition coefficient (Wildman–Crippen LogP) is 4.03. The van der Waals surface area contributed by atoms with Crippen LogP contribution in [0.15, 0.2) is 23.2 Å². The Balaban J connectivity index is 1.89. The number of thioether (sulfide) groups is 1. The van der Waals surface area contributed by atoms with Crippen molar-refractivity contribution < 1.29 is 9.53 Å². The van der Waals surface area contributed by atoms with Crippen molar-refractivity contribution in [1.29, 1.82) is 0 Å². The van der Waals surface area contributed by atoms with Crippen LogP contribution in [0.1, 0.15) is 41.5 Å². The van der Waals surface area contributed by atoms with E-state index in [2.05, 4.69) is 42.8 Å². The number of pyridine rings is 1. The van der Waals surface area contributed by atoms with Crippen LogP contribution in [0.4, 0.5) is 10.6 Å². The molecule has 0 aromatic carbocycles. The maximum Gasteiger partial charge on any atom is 0.410 e. The van der Waals surface area contributed by atoms with Crippen molar-refractivity contribution in [2.24, 2.45) is 0 Å². The molecule has 1 fully saturated rings. The third-order valence-electron chi connectivity index (χ3n) is 3.40. The average Bonchev–Trinajstić information content (AvgIpc) is 2.45. The highest BCUT2D eigenvalue weighted by Gasteiger charge is 2.26. The maximum atomic E-state index is 12.1. The van der Waals surface area contributed by atoms with Crippen molar-refractivity contribution >= 4 is 23.7 Å². The third kappa shape index (κ3) is 5.89. The van der Waals surface area contributed by atoms with Crippen molar-refractivity contribution in [3.8, 4) is 0 Å². The maximum absolute atomic E-state index is 12.1. The number of ether oxygens (including phenoxy) is 1. The van der Waals surface area contributed by atoms with E-state index in [1.165, 1.54) is 4.90 Å². The van der Waals surface area contributed by atoms with Crippen LogP contribution in [0.5, 0.6) is 0 Å². The fraction of sp³-hybridized carbons (Fsp3) is 0.667. The molecule has 1 amide bonds. The lowest BCUT2D eigenvalue weighted by Crippen LogP contribution is -2.50. The molecule has 5 nitrogen and oxygen atoms in total. The number of nitrogens with zero attached hydrogens (tertiary/aromatic N) is 3. The van der Waals surface area contributed by atoms with Crippen molar-refractivity contribution in [3.63, 3.8) is 0 Å². The smallest absolute Gasteiger partial charge is 0.410 e. The van der Waals surface area contributed by atoms with E-state index in [0.717, 1.165) is 18.9 Å². The van der Waals surface area contributed by atoms with Gasteiger partial charge in [-0.3, -0.25) is 0 Å². The first kappa shape index (κ1) is 18.9. The molecule has 0 saturated carbocycles. The second kappa shape index (κ2) is 7.21. The second-order valence-electron chi connectivity index (χ2n) is 8.02. The number of hydrogen-bond donors (Lipinski definition) is 0. The van der Waals surface area contributed by atoms with Crippen molar-refractivity contribution in [3.05, 3.63) is 18.3 Å². The van der Waals surface area contributed by atoms with Crippen LogP contribution in [0.2, 0.25) is 0 Å². The summed E-state index contributed by atoms with van der Waals surface area (Å²) < 4.78 is 5.61. The Hall–Kier alpha value is -1.43. The van der Waals surface area contributed by atoms with Gasteiger partial charge in [0.15, 0.2) is 0 Å². The van der Waals surface area contributed by atoms with Crippen LogP contribution in [0.25, 0.3) is 0 Å². The topological polar surface area (TPSA) is 45.7 Å². The molecule has 0 aliphatic carbocycles. The summed E-state index contributed by atoms with van der Waals surface area (Å²) in [5.41, 5.74) is -0.448. The lowest BCUT2D eigenvalue weighted by Gasteiger charge is -2.36. The van der Waals surface area contributed by atoms with E-state index in [4.69, 9.17) is 4.74 Å². The van der Waals surface area contributed by atoms with E-state index in [-0.39, 0.29) is 10.8 Å². The Bertz CT molecular complexity index is 553. The first-order chi connectivity index (χ1) is 11.0. The molecule has 0 atom stereocenters. The first-order valence-electron chi connectivity index (χ1n) is 8.41. The molecule has 2 rings (SSSR count). The molecule has 1 saturated heterocycles. The molecule has 24 heavy (non-hydrogen) atoms. The lowest BCUT2D eigenvalue weighted by atomic mass is 10.2. The van der Waals surface area contributed by atoms with Crippen LogP contribution in [-0.4, -0.2) is 52.5 Å². The summed E-state index contributed by atoms with van der Waals surface area (Å²) in [5.74, 6) is 0.970. The van der Waals surface area contributed by atoms with Crippen LogP contribution in [0, 0.1) is 0 Å². The Labute approximate surface area is 149 Å². The quantitative estimate of drug-likeness (QED) is 0.753. The van der Waals surface area contributed by atoms with Gasteiger partial charge in [-0.05, 0) is 32.9 Å². The standard InChI is InChI=1S/C18H29N3O2S/c1-17(2,3)23-16(22)21-11-9-20(10-12-21)15-8-7-14(13-19-15)24-18(4,5)6/h7-8,13H,9-12H2,1-6H3.